The molecule has 4 aromatic rings. The molecule has 140 valence electrons. The number of nitrogens with one attached hydrogen (secondary N) is 2. The van der Waals surface area contributed by atoms with E-state index in [1.165, 1.54) is 7.11 Å². The fourth-order valence-corrected chi connectivity index (χ4v) is 3.90. The van der Waals surface area contributed by atoms with Crippen molar-refractivity contribution in [2.45, 2.75) is 0 Å². The van der Waals surface area contributed by atoms with Crippen LogP contribution >= 0.6 is 0 Å². The molecule has 2 heterocycles. The van der Waals surface area contributed by atoms with Crippen LogP contribution in [0.1, 0.15) is 27.0 Å². The molecular formula is C25H19N2O2+. The van der Waals surface area contributed by atoms with Gasteiger partial charge in [-0.2, -0.15) is 0 Å². The number of para-hydroxylation sites is 2. The van der Waals surface area contributed by atoms with Gasteiger partial charge in [0.05, 0.1) is 23.8 Å². The minimum Gasteiger partial charge on any atom is -0.465 e. The van der Waals surface area contributed by atoms with E-state index in [1.54, 1.807) is 0 Å². The average molecular weight is 379 g/mol. The smallest absolute Gasteiger partial charge is 0.337 e. The molecule has 0 spiro atoms. The predicted octanol–water partition coefficient (Wildman–Crippen LogP) is 3.71. The third-order valence-corrected chi connectivity index (χ3v) is 5.31. The number of benzene rings is 3. The highest BCUT2D eigenvalue weighted by atomic mass is 16.5. The first-order valence-corrected chi connectivity index (χ1v) is 9.45. The summed E-state index contributed by atoms with van der Waals surface area (Å²) in [5.41, 5.74) is 8.26. The molecule has 0 fully saturated rings. The van der Waals surface area contributed by atoms with Gasteiger partial charge in [-0.15, -0.1) is 0 Å². The summed E-state index contributed by atoms with van der Waals surface area (Å²) >= 11 is 0. The van der Waals surface area contributed by atoms with Crippen LogP contribution in [0, 0.1) is 0 Å². The second-order valence-corrected chi connectivity index (χ2v) is 6.94. The van der Waals surface area contributed by atoms with Crippen molar-refractivity contribution >= 4 is 39.9 Å². The minimum atomic E-state index is -0.336. The van der Waals surface area contributed by atoms with Crippen molar-refractivity contribution in [3.63, 3.8) is 0 Å². The number of rotatable bonds is 3. The van der Waals surface area contributed by atoms with Gasteiger partial charge in [-0.25, -0.2) is 9.79 Å². The molecule has 0 saturated carbocycles. The highest BCUT2D eigenvalue weighted by molar-refractivity contribution is 6.24. The van der Waals surface area contributed by atoms with E-state index in [1.807, 2.05) is 48.5 Å². The van der Waals surface area contributed by atoms with E-state index < -0.39 is 0 Å². The van der Waals surface area contributed by atoms with Crippen LogP contribution in [-0.2, 0) is 4.74 Å². The summed E-state index contributed by atoms with van der Waals surface area (Å²) in [6.45, 7) is 0. The molecule has 4 heteroatoms. The van der Waals surface area contributed by atoms with E-state index in [-0.39, 0.29) is 5.97 Å². The maximum Gasteiger partial charge on any atom is 0.337 e. The number of fused-ring (bicyclic) bond motifs is 2. The Kier molecular flexibility index (Phi) is 4.10. The number of ether oxygens (including phenoxy) is 1. The van der Waals surface area contributed by atoms with Crippen LogP contribution in [0.5, 0.6) is 0 Å². The van der Waals surface area contributed by atoms with Crippen LogP contribution in [0.4, 0.5) is 5.69 Å². The topological polar surface area (TPSA) is 56.1 Å². The van der Waals surface area contributed by atoms with Crippen molar-refractivity contribution < 1.29 is 14.5 Å². The zero-order chi connectivity index (χ0) is 19.8. The van der Waals surface area contributed by atoms with Crippen LogP contribution in [0.15, 0.2) is 79.0 Å². The van der Waals surface area contributed by atoms with Crippen LogP contribution in [0.2, 0.25) is 0 Å². The summed E-state index contributed by atoms with van der Waals surface area (Å²) in [5, 5.41) is 1.16. The van der Waals surface area contributed by atoms with E-state index in [4.69, 9.17) is 4.74 Å². The van der Waals surface area contributed by atoms with Gasteiger partial charge in [0.25, 0.3) is 0 Å². The summed E-state index contributed by atoms with van der Waals surface area (Å²) in [5.74, 6) is -0.336. The van der Waals surface area contributed by atoms with E-state index in [0.717, 1.165) is 44.4 Å². The molecule has 0 unspecified atom stereocenters. The van der Waals surface area contributed by atoms with Crippen LogP contribution in [0.3, 0.4) is 0 Å². The van der Waals surface area contributed by atoms with Crippen LogP contribution in [0.25, 0.3) is 22.0 Å². The second kappa shape index (κ2) is 6.91. The third-order valence-electron chi connectivity index (χ3n) is 5.31. The van der Waals surface area contributed by atoms with Gasteiger partial charge in [0.1, 0.15) is 0 Å². The molecule has 1 aliphatic heterocycles. The zero-order valence-corrected chi connectivity index (χ0v) is 15.9. The fourth-order valence-electron chi connectivity index (χ4n) is 3.90. The molecule has 0 radical (unpaired) electrons. The number of hydrogen-bond donors (Lipinski definition) is 2. The van der Waals surface area contributed by atoms with Gasteiger partial charge in [-0.3, -0.25) is 0 Å². The number of aromatic amines is 1. The average Bonchev–Trinajstić information content (AvgIpc) is 3.39. The largest absolute Gasteiger partial charge is 0.465 e. The molecule has 0 bridgehead atoms. The maximum absolute atomic E-state index is 11.9. The Bertz CT molecular complexity index is 1290. The van der Waals surface area contributed by atoms with Gasteiger partial charge in [0.15, 0.2) is 6.21 Å². The molecule has 4 nitrogen and oxygen atoms in total. The number of hydrogen-bond acceptors (Lipinski definition) is 2. The third kappa shape index (κ3) is 2.86. The van der Waals surface area contributed by atoms with Gasteiger partial charge in [-0.1, -0.05) is 42.5 Å². The van der Waals surface area contributed by atoms with Crippen molar-refractivity contribution in [2.75, 3.05) is 7.11 Å². The number of H-pyrrole nitrogens is 1. The molecular weight excluding hydrogens is 360 g/mol. The summed E-state index contributed by atoms with van der Waals surface area (Å²) in [6, 6.07) is 24.1. The van der Waals surface area contributed by atoms with Gasteiger partial charge in [0, 0.05) is 34.3 Å². The van der Waals surface area contributed by atoms with E-state index >= 15 is 0 Å². The molecule has 1 aromatic heterocycles. The number of aromatic nitrogens is 1. The zero-order valence-electron chi connectivity index (χ0n) is 15.9. The number of carbonyl (C=O) groups is 1. The van der Waals surface area contributed by atoms with Crippen molar-refractivity contribution in [1.29, 1.82) is 0 Å². The predicted molar refractivity (Wildman–Crippen MR) is 115 cm³/mol. The first-order chi connectivity index (χ1) is 14.3. The number of esters is 1. The Morgan fingerprint density at radius 1 is 0.897 bits per heavy atom. The van der Waals surface area contributed by atoms with E-state index in [9.17, 15) is 4.79 Å². The van der Waals surface area contributed by atoms with Crippen LogP contribution in [-0.4, -0.2) is 24.3 Å². The lowest BCUT2D eigenvalue weighted by Gasteiger charge is -2.11. The molecule has 5 rings (SSSR count). The molecule has 3 aromatic carbocycles. The van der Waals surface area contributed by atoms with Gasteiger partial charge < -0.3 is 9.72 Å². The van der Waals surface area contributed by atoms with Crippen molar-refractivity contribution in [3.05, 3.63) is 101 Å². The molecule has 0 atom stereocenters. The number of carbonyl (C=O) groups excluding carboxylic acids is 1. The fraction of sp³-hybridized carbons (Fsp3) is 0.0400. The van der Waals surface area contributed by atoms with Crippen LogP contribution < -0.4 is 4.99 Å². The Labute approximate surface area is 168 Å². The second-order valence-electron chi connectivity index (χ2n) is 6.94. The van der Waals surface area contributed by atoms with Crippen molar-refractivity contribution in [1.82, 2.24) is 4.98 Å². The molecule has 0 amide bonds. The summed E-state index contributed by atoms with van der Waals surface area (Å²) in [6.07, 6.45) is 4.10. The Morgan fingerprint density at radius 2 is 1.62 bits per heavy atom. The van der Waals surface area contributed by atoms with E-state index in [2.05, 4.69) is 46.7 Å². The Hall–Kier alpha value is -3.92. The lowest BCUT2D eigenvalue weighted by atomic mass is 9.90. The summed E-state index contributed by atoms with van der Waals surface area (Å²) in [4.78, 5) is 18.6. The first kappa shape index (κ1) is 17.2. The monoisotopic (exact) mass is 379 g/mol. The van der Waals surface area contributed by atoms with Gasteiger partial charge in [-0.05, 0) is 29.8 Å². The van der Waals surface area contributed by atoms with E-state index in [0.29, 0.717) is 5.56 Å². The first-order valence-electron chi connectivity index (χ1n) is 9.45. The molecule has 2 N–H and O–H groups in total. The SMILES string of the molecule is COC(=O)c1ccc(C(=C2C=[NH+]c3ccccc32)c2c[nH]c3ccccc23)cc1. The Morgan fingerprint density at radius 3 is 2.45 bits per heavy atom. The summed E-state index contributed by atoms with van der Waals surface area (Å²) < 4.78 is 4.84. The number of methoxy groups -OCH3 is 1. The molecule has 0 saturated heterocycles. The Balaban J connectivity index is 1.77. The highest BCUT2D eigenvalue weighted by Gasteiger charge is 2.24. The van der Waals surface area contributed by atoms with Gasteiger partial charge >= 0.3 is 5.97 Å². The van der Waals surface area contributed by atoms with Gasteiger partial charge in [0.2, 0.25) is 5.69 Å². The number of allylic oxidation sites excluding steroid dienone is 1. The molecule has 29 heavy (non-hydrogen) atoms. The van der Waals surface area contributed by atoms with Crippen molar-refractivity contribution in [3.8, 4) is 0 Å². The lowest BCUT2D eigenvalue weighted by molar-refractivity contribution is -0.342. The molecule has 0 aliphatic carbocycles. The summed E-state index contributed by atoms with van der Waals surface area (Å²) in [7, 11) is 1.39. The minimum absolute atomic E-state index is 0.336. The van der Waals surface area contributed by atoms with Crippen molar-refractivity contribution in [2.24, 2.45) is 0 Å². The lowest BCUT2D eigenvalue weighted by Crippen LogP contribution is -2.58. The highest BCUT2D eigenvalue weighted by Crippen LogP contribution is 2.37. The maximum atomic E-state index is 11.9. The normalized spacial score (nSPS) is 14.1. The quantitative estimate of drug-likeness (QED) is 0.533. The standard InChI is InChI=1S/C25H18N2O2/c1-29-25(28)17-12-10-16(11-13-17)24(20-14-26-22-8-4-2-6-18(20)22)21-15-27-23-9-5-3-7-19(21)23/h2-15,26H,1H3/p+1. The molecule has 1 aliphatic rings.